The Balaban J connectivity index is 1.67. The quantitative estimate of drug-likeness (QED) is 0.468. The standard InChI is InChI=1S/C28H31N3O5/c1-35-23-15-8-14-22(18-23)31(25(32)19-29-27(33)24-16-9-17-36-24)26(20-10-4-2-5-11-20)28(34)30-21-12-6-3-7-13-21/h2,4-5,8-11,14-18,21,26H,3,6-7,12-13,19H2,1H3,(H,29,33)(H,30,34). The van der Waals surface area contributed by atoms with Gasteiger partial charge in [0.1, 0.15) is 11.8 Å². The Morgan fingerprint density at radius 3 is 2.47 bits per heavy atom. The second-order valence-electron chi connectivity index (χ2n) is 8.78. The summed E-state index contributed by atoms with van der Waals surface area (Å²) in [6.45, 7) is -0.323. The maximum absolute atomic E-state index is 13.8. The highest BCUT2D eigenvalue weighted by atomic mass is 16.5. The van der Waals surface area contributed by atoms with Crippen molar-refractivity contribution in [1.82, 2.24) is 10.6 Å². The first-order valence-corrected chi connectivity index (χ1v) is 12.2. The van der Waals surface area contributed by atoms with E-state index in [0.29, 0.717) is 17.0 Å². The average molecular weight is 490 g/mol. The monoisotopic (exact) mass is 489 g/mol. The van der Waals surface area contributed by atoms with Crippen LogP contribution in [0.1, 0.15) is 54.3 Å². The van der Waals surface area contributed by atoms with E-state index >= 15 is 0 Å². The van der Waals surface area contributed by atoms with E-state index in [-0.39, 0.29) is 24.3 Å². The number of nitrogens with zero attached hydrogens (tertiary/aromatic N) is 1. The van der Waals surface area contributed by atoms with Gasteiger partial charge in [-0.2, -0.15) is 0 Å². The minimum atomic E-state index is -0.937. The molecule has 0 radical (unpaired) electrons. The third kappa shape index (κ3) is 6.13. The van der Waals surface area contributed by atoms with Gasteiger partial charge in [0, 0.05) is 17.8 Å². The number of hydrogen-bond acceptors (Lipinski definition) is 5. The molecule has 1 aliphatic carbocycles. The van der Waals surface area contributed by atoms with Gasteiger partial charge in [-0.25, -0.2) is 0 Å². The molecule has 4 rings (SSSR count). The number of ether oxygens (including phenoxy) is 1. The third-order valence-corrected chi connectivity index (χ3v) is 6.32. The number of methoxy groups -OCH3 is 1. The van der Waals surface area contributed by atoms with Crippen LogP contribution in [0.15, 0.2) is 77.4 Å². The Bertz CT molecular complexity index is 1160. The molecule has 188 valence electrons. The van der Waals surface area contributed by atoms with Gasteiger partial charge in [0.2, 0.25) is 11.8 Å². The maximum Gasteiger partial charge on any atom is 0.287 e. The Kier molecular flexibility index (Phi) is 8.39. The molecule has 8 heteroatoms. The largest absolute Gasteiger partial charge is 0.497 e. The molecule has 0 aliphatic heterocycles. The van der Waals surface area contributed by atoms with E-state index in [9.17, 15) is 14.4 Å². The van der Waals surface area contributed by atoms with E-state index in [1.165, 1.54) is 17.2 Å². The SMILES string of the molecule is COc1cccc(N(C(=O)CNC(=O)c2ccco2)C(C(=O)NC2CCCCC2)c2ccccc2)c1. The van der Waals surface area contributed by atoms with Crippen molar-refractivity contribution in [3.8, 4) is 5.75 Å². The molecule has 2 N–H and O–H groups in total. The van der Waals surface area contributed by atoms with E-state index in [1.807, 2.05) is 30.3 Å². The highest BCUT2D eigenvalue weighted by Crippen LogP contribution is 2.31. The number of amides is 3. The summed E-state index contributed by atoms with van der Waals surface area (Å²) in [6.07, 6.45) is 6.52. The summed E-state index contributed by atoms with van der Waals surface area (Å²) in [5, 5.41) is 5.78. The topological polar surface area (TPSA) is 101 Å². The molecule has 0 saturated heterocycles. The number of furan rings is 1. The molecule has 1 aliphatic rings. The van der Waals surface area contributed by atoms with Crippen molar-refractivity contribution < 1.29 is 23.5 Å². The first-order valence-electron chi connectivity index (χ1n) is 12.2. The molecule has 1 aromatic heterocycles. The van der Waals surface area contributed by atoms with Gasteiger partial charge in [0.15, 0.2) is 5.76 Å². The van der Waals surface area contributed by atoms with Crippen molar-refractivity contribution in [2.24, 2.45) is 0 Å². The van der Waals surface area contributed by atoms with Crippen LogP contribution in [0.4, 0.5) is 5.69 Å². The van der Waals surface area contributed by atoms with Gasteiger partial charge < -0.3 is 19.8 Å². The molecule has 36 heavy (non-hydrogen) atoms. The molecule has 3 amide bonds. The number of hydrogen-bond donors (Lipinski definition) is 2. The smallest absolute Gasteiger partial charge is 0.287 e. The molecule has 3 aromatic rings. The van der Waals surface area contributed by atoms with Gasteiger partial charge in [-0.05, 0) is 42.7 Å². The second kappa shape index (κ2) is 12.1. The van der Waals surface area contributed by atoms with Gasteiger partial charge in [-0.3, -0.25) is 19.3 Å². The first-order chi connectivity index (χ1) is 17.6. The van der Waals surface area contributed by atoms with Crippen LogP contribution in [0.5, 0.6) is 5.75 Å². The zero-order valence-corrected chi connectivity index (χ0v) is 20.3. The van der Waals surface area contributed by atoms with Crippen LogP contribution in [-0.2, 0) is 9.59 Å². The molecule has 1 heterocycles. The number of rotatable bonds is 9. The third-order valence-electron chi connectivity index (χ3n) is 6.32. The lowest BCUT2D eigenvalue weighted by Gasteiger charge is -2.33. The number of carbonyl (C=O) groups is 3. The molecule has 8 nitrogen and oxygen atoms in total. The van der Waals surface area contributed by atoms with E-state index in [0.717, 1.165) is 32.1 Å². The van der Waals surface area contributed by atoms with Gasteiger partial charge in [-0.1, -0.05) is 55.7 Å². The summed E-state index contributed by atoms with van der Waals surface area (Å²) in [5.74, 6) is -0.575. The highest BCUT2D eigenvalue weighted by Gasteiger charge is 2.34. The predicted molar refractivity (Wildman–Crippen MR) is 136 cm³/mol. The van der Waals surface area contributed by atoms with Crippen molar-refractivity contribution in [2.45, 2.75) is 44.2 Å². The second-order valence-corrected chi connectivity index (χ2v) is 8.78. The molecular formula is C28H31N3O5. The molecule has 1 unspecified atom stereocenters. The van der Waals surface area contributed by atoms with Crippen LogP contribution < -0.4 is 20.3 Å². The van der Waals surface area contributed by atoms with Crippen LogP contribution in [0.25, 0.3) is 0 Å². The summed E-state index contributed by atoms with van der Waals surface area (Å²) in [5.41, 5.74) is 1.15. The van der Waals surface area contributed by atoms with Gasteiger partial charge in [-0.15, -0.1) is 0 Å². The van der Waals surface area contributed by atoms with Crippen LogP contribution in [0.2, 0.25) is 0 Å². The van der Waals surface area contributed by atoms with E-state index in [2.05, 4.69) is 10.6 Å². The molecule has 0 bridgehead atoms. The molecule has 1 atom stereocenters. The minimum Gasteiger partial charge on any atom is -0.497 e. The van der Waals surface area contributed by atoms with Gasteiger partial charge in [0.05, 0.1) is 19.9 Å². The zero-order valence-electron chi connectivity index (χ0n) is 20.3. The van der Waals surface area contributed by atoms with Crippen LogP contribution in [-0.4, -0.2) is 37.4 Å². The number of carbonyl (C=O) groups excluding carboxylic acids is 3. The Morgan fingerprint density at radius 2 is 1.78 bits per heavy atom. The van der Waals surface area contributed by atoms with Crippen LogP contribution in [0.3, 0.4) is 0 Å². The minimum absolute atomic E-state index is 0.0679. The Morgan fingerprint density at radius 1 is 1.00 bits per heavy atom. The highest BCUT2D eigenvalue weighted by molar-refractivity contribution is 6.04. The van der Waals surface area contributed by atoms with Gasteiger partial charge >= 0.3 is 0 Å². The summed E-state index contributed by atoms with van der Waals surface area (Å²) in [7, 11) is 1.54. The molecular weight excluding hydrogens is 458 g/mol. The summed E-state index contributed by atoms with van der Waals surface area (Å²) in [6, 6.07) is 18.4. The van der Waals surface area contributed by atoms with Gasteiger partial charge in [0.25, 0.3) is 5.91 Å². The first kappa shape index (κ1) is 25.0. The molecule has 1 fully saturated rings. The van der Waals surface area contributed by atoms with E-state index in [1.54, 1.807) is 37.4 Å². The van der Waals surface area contributed by atoms with E-state index in [4.69, 9.17) is 9.15 Å². The van der Waals surface area contributed by atoms with Crippen molar-refractivity contribution in [3.05, 3.63) is 84.3 Å². The summed E-state index contributed by atoms with van der Waals surface area (Å²) in [4.78, 5) is 41.3. The molecule has 0 spiro atoms. The normalized spacial score (nSPS) is 14.5. The fraction of sp³-hybridized carbons (Fsp3) is 0.321. The fourth-order valence-electron chi connectivity index (χ4n) is 4.51. The fourth-order valence-corrected chi connectivity index (χ4v) is 4.51. The molecule has 1 saturated carbocycles. The number of anilines is 1. The Hall–Kier alpha value is -4.07. The number of benzene rings is 2. The Labute approximate surface area is 210 Å². The maximum atomic E-state index is 13.8. The predicted octanol–water partition coefficient (Wildman–Crippen LogP) is 4.24. The number of nitrogens with one attached hydrogen (secondary N) is 2. The zero-order chi connectivity index (χ0) is 25.3. The van der Waals surface area contributed by atoms with Crippen molar-refractivity contribution in [1.29, 1.82) is 0 Å². The average Bonchev–Trinajstić information content (AvgIpc) is 3.46. The lowest BCUT2D eigenvalue weighted by molar-refractivity contribution is -0.127. The lowest BCUT2D eigenvalue weighted by atomic mass is 9.94. The van der Waals surface area contributed by atoms with Crippen LogP contribution >= 0.6 is 0 Å². The van der Waals surface area contributed by atoms with Crippen molar-refractivity contribution in [2.75, 3.05) is 18.6 Å². The van der Waals surface area contributed by atoms with Crippen molar-refractivity contribution in [3.63, 3.8) is 0 Å². The van der Waals surface area contributed by atoms with Crippen molar-refractivity contribution >= 4 is 23.4 Å². The summed E-state index contributed by atoms with van der Waals surface area (Å²) >= 11 is 0. The summed E-state index contributed by atoms with van der Waals surface area (Å²) < 4.78 is 10.5. The lowest BCUT2D eigenvalue weighted by Crippen LogP contribution is -2.49. The van der Waals surface area contributed by atoms with E-state index < -0.39 is 17.9 Å². The van der Waals surface area contributed by atoms with Crippen LogP contribution in [0, 0.1) is 0 Å². The molecule has 2 aromatic carbocycles.